The van der Waals surface area contributed by atoms with E-state index in [0.717, 1.165) is 18.4 Å². The first kappa shape index (κ1) is 17.5. The zero-order valence-electron chi connectivity index (χ0n) is 15.6. The summed E-state index contributed by atoms with van der Waals surface area (Å²) in [6, 6.07) is 9.81. The highest BCUT2D eigenvalue weighted by molar-refractivity contribution is 5.91. The number of pyridine rings is 1. The van der Waals surface area contributed by atoms with Crippen molar-refractivity contribution in [1.82, 2.24) is 4.98 Å². The number of amides is 1. The van der Waals surface area contributed by atoms with Gasteiger partial charge in [0.25, 0.3) is 5.91 Å². The van der Waals surface area contributed by atoms with Gasteiger partial charge >= 0.3 is 0 Å². The van der Waals surface area contributed by atoms with Crippen LogP contribution in [0.25, 0.3) is 0 Å². The van der Waals surface area contributed by atoms with Gasteiger partial charge in [-0.3, -0.25) is 9.78 Å². The molecule has 2 saturated heterocycles. The summed E-state index contributed by atoms with van der Waals surface area (Å²) in [5.41, 5.74) is 0.762. The van der Waals surface area contributed by atoms with Crippen LogP contribution < -0.4 is 19.7 Å². The second kappa shape index (κ2) is 6.76. The van der Waals surface area contributed by atoms with E-state index < -0.39 is 5.60 Å². The normalized spacial score (nSPS) is 30.2. The molecule has 2 aromatic rings. The van der Waals surface area contributed by atoms with Crippen LogP contribution in [0.4, 0.5) is 5.69 Å². The SMILES string of the molecule is O=C(C[NH+]1[C@@H]2CC[C@H]1CC(O)(c1cccnc1)C2)Nc1ccc2c(c1)OCO2. The van der Waals surface area contributed by atoms with Gasteiger partial charge in [0.15, 0.2) is 18.0 Å². The Kier molecular flexibility index (Phi) is 4.21. The minimum Gasteiger partial charge on any atom is -0.454 e. The second-order valence-electron chi connectivity index (χ2n) is 8.02. The number of ether oxygens (including phenoxy) is 2. The highest BCUT2D eigenvalue weighted by Gasteiger charge is 2.52. The Bertz CT molecular complexity index is 874. The lowest BCUT2D eigenvalue weighted by molar-refractivity contribution is -0.936. The van der Waals surface area contributed by atoms with Gasteiger partial charge in [0.05, 0.1) is 12.1 Å². The van der Waals surface area contributed by atoms with Crippen molar-refractivity contribution in [1.29, 1.82) is 0 Å². The smallest absolute Gasteiger partial charge is 0.279 e. The second-order valence-corrected chi connectivity index (χ2v) is 8.02. The molecule has 2 unspecified atom stereocenters. The van der Waals surface area contributed by atoms with Crippen molar-refractivity contribution in [3.63, 3.8) is 0 Å². The number of aromatic nitrogens is 1. The molecule has 146 valence electrons. The fourth-order valence-electron chi connectivity index (χ4n) is 5.00. The maximum Gasteiger partial charge on any atom is 0.279 e. The highest BCUT2D eigenvalue weighted by Crippen LogP contribution is 2.38. The Morgan fingerprint density at radius 1 is 1.21 bits per heavy atom. The first-order valence-corrected chi connectivity index (χ1v) is 9.79. The molecule has 7 nitrogen and oxygen atoms in total. The topological polar surface area (TPSA) is 85.1 Å². The van der Waals surface area contributed by atoms with Gasteiger partial charge in [0, 0.05) is 55.4 Å². The van der Waals surface area contributed by atoms with E-state index in [9.17, 15) is 9.90 Å². The summed E-state index contributed by atoms with van der Waals surface area (Å²) in [5, 5.41) is 14.2. The molecule has 0 saturated carbocycles. The molecule has 2 fully saturated rings. The Labute approximate surface area is 163 Å². The van der Waals surface area contributed by atoms with Crippen LogP contribution in [0, 0.1) is 0 Å². The van der Waals surface area contributed by atoms with Crippen molar-refractivity contribution in [2.24, 2.45) is 0 Å². The summed E-state index contributed by atoms with van der Waals surface area (Å²) < 4.78 is 10.7. The van der Waals surface area contributed by atoms with Gasteiger partial charge in [0.1, 0.15) is 5.60 Å². The molecule has 3 aliphatic heterocycles. The number of carbonyl (C=O) groups is 1. The van der Waals surface area contributed by atoms with E-state index >= 15 is 0 Å². The number of rotatable bonds is 4. The maximum absolute atomic E-state index is 12.7. The van der Waals surface area contributed by atoms with E-state index in [1.807, 2.05) is 24.3 Å². The summed E-state index contributed by atoms with van der Waals surface area (Å²) in [5.74, 6) is 1.34. The molecular weight excluding hydrogens is 358 g/mol. The maximum atomic E-state index is 12.7. The van der Waals surface area contributed by atoms with Crippen LogP contribution in [0.1, 0.15) is 31.2 Å². The Morgan fingerprint density at radius 3 is 2.75 bits per heavy atom. The molecule has 0 aliphatic carbocycles. The van der Waals surface area contributed by atoms with Crippen LogP contribution in [0.15, 0.2) is 42.7 Å². The molecule has 28 heavy (non-hydrogen) atoms. The van der Waals surface area contributed by atoms with E-state index in [1.165, 1.54) is 4.90 Å². The van der Waals surface area contributed by atoms with E-state index in [-0.39, 0.29) is 24.8 Å². The number of nitrogens with zero attached hydrogens (tertiary/aromatic N) is 1. The minimum atomic E-state index is -0.836. The summed E-state index contributed by atoms with van der Waals surface area (Å²) in [6.45, 7) is 0.626. The molecule has 4 heterocycles. The summed E-state index contributed by atoms with van der Waals surface area (Å²) in [6.07, 6.45) is 6.91. The lowest BCUT2D eigenvalue weighted by atomic mass is 9.81. The molecule has 1 aromatic heterocycles. The Balaban J connectivity index is 1.25. The fraction of sp³-hybridized carbons (Fsp3) is 0.429. The van der Waals surface area contributed by atoms with Gasteiger partial charge in [0.2, 0.25) is 6.79 Å². The standard InChI is InChI=1S/C21H23N3O4/c25-20(23-15-3-6-18-19(8-15)28-13-27-18)12-24-16-4-5-17(24)10-21(26,9-16)14-2-1-7-22-11-14/h1-3,6-8,11,16-17,26H,4-5,9-10,12-13H2,(H,23,25)/p+1/t16-,17+,21?. The quantitative estimate of drug-likeness (QED) is 0.730. The number of carbonyl (C=O) groups excluding carboxylic acids is 1. The number of hydrogen-bond acceptors (Lipinski definition) is 5. The number of aliphatic hydroxyl groups is 1. The Morgan fingerprint density at radius 2 is 2.00 bits per heavy atom. The third kappa shape index (κ3) is 3.10. The highest BCUT2D eigenvalue weighted by atomic mass is 16.7. The van der Waals surface area contributed by atoms with E-state index in [0.29, 0.717) is 36.6 Å². The number of piperidine rings is 1. The van der Waals surface area contributed by atoms with Crippen LogP contribution in [-0.2, 0) is 10.4 Å². The van der Waals surface area contributed by atoms with Gasteiger partial charge in [-0.1, -0.05) is 6.07 Å². The molecule has 4 atom stereocenters. The van der Waals surface area contributed by atoms with E-state index in [2.05, 4.69) is 10.3 Å². The lowest BCUT2D eigenvalue weighted by Crippen LogP contribution is -3.19. The van der Waals surface area contributed by atoms with Crippen LogP contribution >= 0.6 is 0 Å². The van der Waals surface area contributed by atoms with Gasteiger partial charge < -0.3 is 24.8 Å². The molecule has 3 aliphatic rings. The largest absolute Gasteiger partial charge is 0.454 e. The molecule has 2 bridgehead atoms. The molecule has 0 radical (unpaired) electrons. The Hall–Kier alpha value is -2.64. The number of benzene rings is 1. The molecule has 3 N–H and O–H groups in total. The van der Waals surface area contributed by atoms with Gasteiger partial charge in [-0.2, -0.15) is 0 Å². The van der Waals surface area contributed by atoms with Crippen molar-refractivity contribution in [2.45, 2.75) is 43.4 Å². The van der Waals surface area contributed by atoms with Crippen molar-refractivity contribution in [2.75, 3.05) is 18.7 Å². The summed E-state index contributed by atoms with van der Waals surface area (Å²) in [4.78, 5) is 18.1. The van der Waals surface area contributed by atoms with E-state index in [4.69, 9.17) is 9.47 Å². The first-order valence-electron chi connectivity index (χ1n) is 9.79. The van der Waals surface area contributed by atoms with Gasteiger partial charge in [-0.15, -0.1) is 0 Å². The molecule has 7 heteroatoms. The average Bonchev–Trinajstić information content (AvgIpc) is 3.25. The third-order valence-electron chi connectivity index (χ3n) is 6.30. The van der Waals surface area contributed by atoms with Crippen molar-refractivity contribution in [3.05, 3.63) is 48.3 Å². The number of fused-ring (bicyclic) bond motifs is 3. The molecule has 0 spiro atoms. The number of nitrogens with one attached hydrogen (secondary N) is 2. The van der Waals surface area contributed by atoms with Crippen molar-refractivity contribution in [3.8, 4) is 11.5 Å². The number of hydrogen-bond donors (Lipinski definition) is 3. The predicted molar refractivity (Wildman–Crippen MR) is 101 cm³/mol. The third-order valence-corrected chi connectivity index (χ3v) is 6.30. The number of anilines is 1. The van der Waals surface area contributed by atoms with Crippen molar-refractivity contribution < 1.29 is 24.3 Å². The van der Waals surface area contributed by atoms with Crippen LogP contribution in [-0.4, -0.2) is 41.4 Å². The summed E-state index contributed by atoms with van der Waals surface area (Å²) in [7, 11) is 0. The molecule has 1 aromatic carbocycles. The van der Waals surface area contributed by atoms with Gasteiger partial charge in [-0.25, -0.2) is 0 Å². The van der Waals surface area contributed by atoms with Crippen LogP contribution in [0.3, 0.4) is 0 Å². The first-order chi connectivity index (χ1) is 13.6. The van der Waals surface area contributed by atoms with Crippen molar-refractivity contribution >= 4 is 11.6 Å². The van der Waals surface area contributed by atoms with E-state index in [1.54, 1.807) is 18.5 Å². The predicted octanol–water partition coefficient (Wildman–Crippen LogP) is 0.846. The number of quaternary nitrogens is 1. The minimum absolute atomic E-state index is 0.0161. The lowest BCUT2D eigenvalue weighted by Gasteiger charge is -2.41. The summed E-state index contributed by atoms with van der Waals surface area (Å²) >= 11 is 0. The zero-order valence-corrected chi connectivity index (χ0v) is 15.6. The molecule has 1 amide bonds. The zero-order chi connectivity index (χ0) is 19.1. The average molecular weight is 382 g/mol. The van der Waals surface area contributed by atoms with Crippen LogP contribution in [0.5, 0.6) is 11.5 Å². The van der Waals surface area contributed by atoms with Gasteiger partial charge in [-0.05, 0) is 18.2 Å². The fourth-order valence-corrected chi connectivity index (χ4v) is 5.00. The monoisotopic (exact) mass is 382 g/mol. The molecular formula is C21H24N3O4+. The molecule has 5 rings (SSSR count). The van der Waals surface area contributed by atoms with Crippen LogP contribution in [0.2, 0.25) is 0 Å².